The number of nitrogens with zero attached hydrogens (tertiary/aromatic N) is 2. The number of halogens is 2. The van der Waals surface area contributed by atoms with Crippen LogP contribution in [0.3, 0.4) is 0 Å². The first-order chi connectivity index (χ1) is 13.3. The van der Waals surface area contributed by atoms with Crippen LogP contribution in [-0.2, 0) is 18.3 Å². The zero-order valence-electron chi connectivity index (χ0n) is 16.4. The molecule has 0 N–H and O–H groups in total. The van der Waals surface area contributed by atoms with Gasteiger partial charge in [0.25, 0.3) is 0 Å². The molecule has 3 rings (SSSR count). The van der Waals surface area contributed by atoms with Gasteiger partial charge in [-0.25, -0.2) is 13.8 Å². The molecule has 1 aromatic heterocycles. The average molecular weight is 380 g/mol. The van der Waals surface area contributed by atoms with Crippen LogP contribution < -0.4 is 4.74 Å². The van der Waals surface area contributed by atoms with E-state index in [2.05, 4.69) is 11.1 Å². The van der Waals surface area contributed by atoms with Crippen LogP contribution in [0, 0.1) is 29.9 Å². The normalized spacial score (nSPS) is 13.2. The standard InChI is InChI=1S/C23H22F2N2O/c1-5-15-10-16-7-8-17(11-20(16)27-22(15)28-4)23(3,13-26)12-18-19(24)9-6-14(2)21(18)25/h6-11H,5,12H2,1-4H3. The van der Waals surface area contributed by atoms with Gasteiger partial charge in [-0.2, -0.15) is 5.26 Å². The number of hydrogen-bond donors (Lipinski definition) is 0. The monoisotopic (exact) mass is 380 g/mol. The van der Waals surface area contributed by atoms with Crippen LogP contribution in [0.4, 0.5) is 8.78 Å². The van der Waals surface area contributed by atoms with Crippen molar-refractivity contribution in [3.05, 3.63) is 70.3 Å². The zero-order valence-corrected chi connectivity index (χ0v) is 16.4. The van der Waals surface area contributed by atoms with Gasteiger partial charge in [-0.05, 0) is 49.6 Å². The van der Waals surface area contributed by atoms with E-state index in [1.54, 1.807) is 27.0 Å². The van der Waals surface area contributed by atoms with Crippen molar-refractivity contribution < 1.29 is 13.5 Å². The molecule has 2 aromatic carbocycles. The Morgan fingerprint density at radius 1 is 1.18 bits per heavy atom. The topological polar surface area (TPSA) is 45.9 Å². The molecule has 0 aliphatic heterocycles. The van der Waals surface area contributed by atoms with Gasteiger partial charge >= 0.3 is 0 Å². The zero-order chi connectivity index (χ0) is 20.5. The molecule has 1 heterocycles. The van der Waals surface area contributed by atoms with Crippen molar-refractivity contribution in [1.82, 2.24) is 4.98 Å². The molecule has 0 fully saturated rings. The lowest BCUT2D eigenvalue weighted by Gasteiger charge is -2.23. The number of pyridine rings is 1. The van der Waals surface area contributed by atoms with Crippen molar-refractivity contribution in [3.63, 3.8) is 0 Å². The first-order valence-electron chi connectivity index (χ1n) is 9.15. The smallest absolute Gasteiger partial charge is 0.216 e. The number of ether oxygens (including phenoxy) is 1. The highest BCUT2D eigenvalue weighted by Gasteiger charge is 2.30. The fraction of sp³-hybridized carbons (Fsp3) is 0.304. The second kappa shape index (κ2) is 7.55. The van der Waals surface area contributed by atoms with Crippen LogP contribution in [0.15, 0.2) is 36.4 Å². The minimum Gasteiger partial charge on any atom is -0.481 e. The third kappa shape index (κ3) is 3.43. The average Bonchev–Trinajstić information content (AvgIpc) is 2.72. The summed E-state index contributed by atoms with van der Waals surface area (Å²) in [5.74, 6) is -0.700. The van der Waals surface area contributed by atoms with Gasteiger partial charge in [0.1, 0.15) is 11.6 Å². The summed E-state index contributed by atoms with van der Waals surface area (Å²) in [6.07, 6.45) is 0.716. The summed E-state index contributed by atoms with van der Waals surface area (Å²) in [6, 6.07) is 12.4. The summed E-state index contributed by atoms with van der Waals surface area (Å²) in [6.45, 7) is 5.30. The molecule has 3 aromatic rings. The lowest BCUT2D eigenvalue weighted by molar-refractivity contribution is 0.395. The summed E-state index contributed by atoms with van der Waals surface area (Å²) >= 11 is 0. The number of methoxy groups -OCH3 is 1. The predicted molar refractivity (Wildman–Crippen MR) is 105 cm³/mol. The van der Waals surface area contributed by atoms with E-state index in [0.717, 1.165) is 17.4 Å². The van der Waals surface area contributed by atoms with Crippen molar-refractivity contribution in [2.24, 2.45) is 0 Å². The van der Waals surface area contributed by atoms with Crippen molar-refractivity contribution in [2.75, 3.05) is 7.11 Å². The largest absolute Gasteiger partial charge is 0.481 e. The molecule has 0 aliphatic carbocycles. The van der Waals surface area contributed by atoms with E-state index in [4.69, 9.17) is 4.74 Å². The van der Waals surface area contributed by atoms with Crippen LogP contribution >= 0.6 is 0 Å². The fourth-order valence-electron chi connectivity index (χ4n) is 3.40. The maximum Gasteiger partial charge on any atom is 0.216 e. The lowest BCUT2D eigenvalue weighted by atomic mass is 9.78. The van der Waals surface area contributed by atoms with Crippen LogP contribution in [0.25, 0.3) is 10.9 Å². The Morgan fingerprint density at radius 2 is 1.93 bits per heavy atom. The highest BCUT2D eigenvalue weighted by Crippen LogP contribution is 2.33. The highest BCUT2D eigenvalue weighted by atomic mass is 19.1. The van der Waals surface area contributed by atoms with E-state index in [0.29, 0.717) is 22.5 Å². The Balaban J connectivity index is 2.10. The first-order valence-corrected chi connectivity index (χ1v) is 9.15. The van der Waals surface area contributed by atoms with Crippen LogP contribution in [-0.4, -0.2) is 12.1 Å². The van der Waals surface area contributed by atoms with E-state index < -0.39 is 17.0 Å². The number of rotatable bonds is 5. The van der Waals surface area contributed by atoms with Crippen LogP contribution in [0.2, 0.25) is 0 Å². The van der Waals surface area contributed by atoms with Crippen molar-refractivity contribution in [1.29, 1.82) is 5.26 Å². The molecule has 0 saturated carbocycles. The molecular weight excluding hydrogens is 358 g/mol. The summed E-state index contributed by atoms with van der Waals surface area (Å²) in [5, 5.41) is 10.8. The minimum atomic E-state index is -1.11. The van der Waals surface area contributed by atoms with Crippen molar-refractivity contribution >= 4 is 10.9 Å². The van der Waals surface area contributed by atoms with Gasteiger partial charge in [0.2, 0.25) is 5.88 Å². The third-order valence-electron chi connectivity index (χ3n) is 5.22. The Morgan fingerprint density at radius 3 is 2.57 bits per heavy atom. The Labute approximate surface area is 163 Å². The summed E-state index contributed by atoms with van der Waals surface area (Å²) in [4.78, 5) is 4.55. The molecule has 5 heteroatoms. The van der Waals surface area contributed by atoms with Gasteiger partial charge in [-0.3, -0.25) is 0 Å². The summed E-state index contributed by atoms with van der Waals surface area (Å²) in [7, 11) is 1.57. The Bertz CT molecular complexity index is 1090. The van der Waals surface area contributed by atoms with E-state index in [1.807, 2.05) is 25.1 Å². The lowest BCUT2D eigenvalue weighted by Crippen LogP contribution is -2.24. The van der Waals surface area contributed by atoms with Crippen LogP contribution in [0.5, 0.6) is 5.88 Å². The van der Waals surface area contributed by atoms with E-state index in [1.165, 1.54) is 12.1 Å². The molecule has 0 amide bonds. The molecule has 28 heavy (non-hydrogen) atoms. The quantitative estimate of drug-likeness (QED) is 0.594. The number of aryl methyl sites for hydroxylation is 2. The highest BCUT2D eigenvalue weighted by molar-refractivity contribution is 5.81. The van der Waals surface area contributed by atoms with E-state index in [-0.39, 0.29) is 12.0 Å². The molecule has 0 radical (unpaired) electrons. The van der Waals surface area contributed by atoms with Gasteiger partial charge in [0.15, 0.2) is 0 Å². The molecule has 1 atom stereocenters. The number of aromatic nitrogens is 1. The van der Waals surface area contributed by atoms with E-state index in [9.17, 15) is 14.0 Å². The first kappa shape index (κ1) is 19.8. The molecule has 144 valence electrons. The number of benzene rings is 2. The van der Waals surface area contributed by atoms with E-state index >= 15 is 0 Å². The minimum absolute atomic E-state index is 0.0709. The molecule has 0 spiro atoms. The van der Waals surface area contributed by atoms with Gasteiger partial charge in [-0.1, -0.05) is 25.1 Å². The molecule has 0 saturated heterocycles. The number of fused-ring (bicyclic) bond motifs is 1. The molecule has 0 aliphatic rings. The second-order valence-electron chi connectivity index (χ2n) is 7.20. The number of hydrogen-bond acceptors (Lipinski definition) is 3. The van der Waals surface area contributed by atoms with Crippen molar-refractivity contribution in [2.45, 2.75) is 39.0 Å². The van der Waals surface area contributed by atoms with Crippen molar-refractivity contribution in [3.8, 4) is 11.9 Å². The molecule has 3 nitrogen and oxygen atoms in total. The van der Waals surface area contributed by atoms with Gasteiger partial charge < -0.3 is 4.74 Å². The van der Waals surface area contributed by atoms with Gasteiger partial charge in [0.05, 0.1) is 24.1 Å². The maximum atomic E-state index is 14.5. The molecule has 1 unspecified atom stereocenters. The van der Waals surface area contributed by atoms with Gasteiger partial charge in [0, 0.05) is 22.9 Å². The third-order valence-corrected chi connectivity index (χ3v) is 5.22. The second-order valence-corrected chi connectivity index (χ2v) is 7.20. The Kier molecular flexibility index (Phi) is 5.33. The maximum absolute atomic E-state index is 14.5. The predicted octanol–water partition coefficient (Wildman–Crippen LogP) is 5.42. The van der Waals surface area contributed by atoms with Gasteiger partial charge in [-0.15, -0.1) is 0 Å². The molecular formula is C23H22F2N2O. The summed E-state index contributed by atoms with van der Waals surface area (Å²) in [5.41, 5.74) is 1.50. The SMILES string of the molecule is CCc1cc2ccc(C(C)(C#N)Cc3c(F)ccc(C)c3F)cc2nc1OC. The fourth-order valence-corrected chi connectivity index (χ4v) is 3.40. The molecule has 0 bridgehead atoms. The summed E-state index contributed by atoms with van der Waals surface area (Å²) < 4.78 is 34.1. The van der Waals surface area contributed by atoms with Crippen LogP contribution in [0.1, 0.15) is 36.1 Å². The Hall–Kier alpha value is -3.00. The number of nitriles is 1.